The van der Waals surface area contributed by atoms with Crippen LogP contribution in [0.3, 0.4) is 0 Å². The second kappa shape index (κ2) is 6.29. The number of nitrogens with zero attached hydrogens (tertiary/aromatic N) is 1. The van der Waals surface area contributed by atoms with Crippen LogP contribution in [0.15, 0.2) is 22.7 Å². The summed E-state index contributed by atoms with van der Waals surface area (Å²) in [5.74, 6) is -0.211. The maximum Gasteiger partial charge on any atom is 0.305 e. The third-order valence-corrected chi connectivity index (χ3v) is 2.97. The molecule has 1 aromatic carbocycles. The summed E-state index contributed by atoms with van der Waals surface area (Å²) >= 11 is 3.40. The Bertz CT molecular complexity index is 424. The first-order valence-corrected chi connectivity index (χ1v) is 5.67. The maximum atomic E-state index is 11.0. The van der Waals surface area contributed by atoms with E-state index < -0.39 is 0 Å². The molecule has 4 heteroatoms. The van der Waals surface area contributed by atoms with Crippen molar-refractivity contribution in [2.45, 2.75) is 19.3 Å². The van der Waals surface area contributed by atoms with Gasteiger partial charge in [0.2, 0.25) is 0 Å². The van der Waals surface area contributed by atoms with Gasteiger partial charge in [-0.2, -0.15) is 5.26 Å². The molecule has 1 aromatic rings. The van der Waals surface area contributed by atoms with Crippen molar-refractivity contribution in [3.8, 4) is 6.07 Å². The van der Waals surface area contributed by atoms with Gasteiger partial charge >= 0.3 is 5.97 Å². The monoisotopic (exact) mass is 281 g/mol. The van der Waals surface area contributed by atoms with Gasteiger partial charge in [-0.25, -0.2) is 0 Å². The molecule has 0 saturated heterocycles. The van der Waals surface area contributed by atoms with Gasteiger partial charge in [-0.3, -0.25) is 4.79 Å². The number of aryl methyl sites for hydroxylation is 1. The number of nitriles is 1. The van der Waals surface area contributed by atoms with Crippen molar-refractivity contribution in [2.75, 3.05) is 7.11 Å². The molecule has 0 atom stereocenters. The fourth-order valence-electron chi connectivity index (χ4n) is 1.32. The summed E-state index contributed by atoms with van der Waals surface area (Å²) in [6.45, 7) is 0. The highest BCUT2D eigenvalue weighted by Gasteiger charge is 2.04. The molecule has 3 nitrogen and oxygen atoms in total. The van der Waals surface area contributed by atoms with Crippen molar-refractivity contribution >= 4 is 21.9 Å². The largest absolute Gasteiger partial charge is 0.469 e. The highest BCUT2D eigenvalue weighted by molar-refractivity contribution is 9.10. The van der Waals surface area contributed by atoms with Crippen molar-refractivity contribution in [1.82, 2.24) is 0 Å². The molecule has 0 saturated carbocycles. The van der Waals surface area contributed by atoms with Crippen molar-refractivity contribution in [1.29, 1.82) is 5.26 Å². The van der Waals surface area contributed by atoms with Gasteiger partial charge < -0.3 is 4.74 Å². The Kier molecular flexibility index (Phi) is 5.00. The number of esters is 1. The van der Waals surface area contributed by atoms with Gasteiger partial charge in [0.05, 0.1) is 19.6 Å². The van der Waals surface area contributed by atoms with Crippen molar-refractivity contribution in [3.05, 3.63) is 33.8 Å². The number of methoxy groups -OCH3 is 1. The number of carbonyl (C=O) groups is 1. The maximum absolute atomic E-state index is 11.0. The minimum atomic E-state index is -0.211. The first-order valence-electron chi connectivity index (χ1n) is 4.88. The Labute approximate surface area is 103 Å². The summed E-state index contributed by atoms with van der Waals surface area (Å²) in [5, 5.41) is 8.59. The molecule has 0 fully saturated rings. The molecule has 0 bridgehead atoms. The number of rotatable bonds is 4. The van der Waals surface area contributed by atoms with E-state index in [1.165, 1.54) is 7.11 Å². The van der Waals surface area contributed by atoms with Crippen LogP contribution in [-0.4, -0.2) is 13.1 Å². The zero-order chi connectivity index (χ0) is 12.0. The molecule has 0 spiro atoms. The Morgan fingerprint density at radius 3 is 2.88 bits per heavy atom. The molecule has 0 aliphatic heterocycles. The summed E-state index contributed by atoms with van der Waals surface area (Å²) < 4.78 is 5.48. The van der Waals surface area contributed by atoms with Crippen LogP contribution >= 0.6 is 15.9 Å². The lowest BCUT2D eigenvalue weighted by Gasteiger charge is -2.04. The highest BCUT2D eigenvalue weighted by atomic mass is 79.9. The van der Waals surface area contributed by atoms with E-state index in [1.807, 2.05) is 18.2 Å². The normalized spacial score (nSPS) is 9.56. The quantitative estimate of drug-likeness (QED) is 0.798. The molecule has 0 heterocycles. The van der Waals surface area contributed by atoms with Gasteiger partial charge in [-0.15, -0.1) is 0 Å². The third-order valence-electron chi connectivity index (χ3n) is 2.23. The molecule has 0 aliphatic rings. The molecular formula is C12H12BrNO2. The number of ether oxygens (including phenoxy) is 1. The SMILES string of the molecule is COC(=O)CCc1ccc(CC#N)c(Br)c1. The lowest BCUT2D eigenvalue weighted by molar-refractivity contribution is -0.140. The van der Waals surface area contributed by atoms with Crippen LogP contribution in [0.1, 0.15) is 17.5 Å². The average Bonchev–Trinajstić information content (AvgIpc) is 2.29. The van der Waals surface area contributed by atoms with E-state index in [-0.39, 0.29) is 5.97 Å². The molecule has 0 amide bonds. The molecular weight excluding hydrogens is 270 g/mol. The van der Waals surface area contributed by atoms with Crippen molar-refractivity contribution < 1.29 is 9.53 Å². The minimum absolute atomic E-state index is 0.211. The van der Waals surface area contributed by atoms with E-state index in [1.54, 1.807) is 0 Å². The topological polar surface area (TPSA) is 50.1 Å². The minimum Gasteiger partial charge on any atom is -0.469 e. The fourth-order valence-corrected chi connectivity index (χ4v) is 1.89. The zero-order valence-electron chi connectivity index (χ0n) is 9.00. The Morgan fingerprint density at radius 1 is 1.56 bits per heavy atom. The second-order valence-electron chi connectivity index (χ2n) is 3.34. The lowest BCUT2D eigenvalue weighted by atomic mass is 10.1. The highest BCUT2D eigenvalue weighted by Crippen LogP contribution is 2.19. The van der Waals surface area contributed by atoms with Gasteiger partial charge in [-0.05, 0) is 23.6 Å². The van der Waals surface area contributed by atoms with Crippen LogP contribution in [0, 0.1) is 11.3 Å². The second-order valence-corrected chi connectivity index (χ2v) is 4.19. The van der Waals surface area contributed by atoms with Gasteiger partial charge in [0.25, 0.3) is 0 Å². The van der Waals surface area contributed by atoms with Gasteiger partial charge in [-0.1, -0.05) is 28.1 Å². The molecule has 1 rings (SSSR count). The van der Waals surface area contributed by atoms with E-state index in [2.05, 4.69) is 26.7 Å². The number of benzene rings is 1. The molecule has 0 unspecified atom stereocenters. The Morgan fingerprint density at radius 2 is 2.31 bits per heavy atom. The molecule has 16 heavy (non-hydrogen) atoms. The smallest absolute Gasteiger partial charge is 0.305 e. The lowest BCUT2D eigenvalue weighted by Crippen LogP contribution is -2.02. The van der Waals surface area contributed by atoms with Crippen molar-refractivity contribution in [3.63, 3.8) is 0 Å². The van der Waals surface area contributed by atoms with Crippen LogP contribution < -0.4 is 0 Å². The predicted molar refractivity (Wildman–Crippen MR) is 63.8 cm³/mol. The average molecular weight is 282 g/mol. The van der Waals surface area contributed by atoms with E-state index in [9.17, 15) is 4.79 Å². The van der Waals surface area contributed by atoms with E-state index in [0.717, 1.165) is 15.6 Å². The van der Waals surface area contributed by atoms with Gasteiger partial charge in [0, 0.05) is 10.9 Å². The molecule has 84 valence electrons. The van der Waals surface area contributed by atoms with Gasteiger partial charge in [0.15, 0.2) is 0 Å². The molecule has 0 N–H and O–H groups in total. The van der Waals surface area contributed by atoms with E-state index in [4.69, 9.17) is 5.26 Å². The molecule has 0 aliphatic carbocycles. The number of hydrogen-bond acceptors (Lipinski definition) is 3. The fraction of sp³-hybridized carbons (Fsp3) is 0.333. The Balaban J connectivity index is 2.67. The summed E-state index contributed by atoms with van der Waals surface area (Å²) in [6.07, 6.45) is 1.41. The Hall–Kier alpha value is -1.34. The summed E-state index contributed by atoms with van der Waals surface area (Å²) in [5.41, 5.74) is 2.02. The first-order chi connectivity index (χ1) is 7.67. The van der Waals surface area contributed by atoms with Crippen LogP contribution in [0.2, 0.25) is 0 Å². The summed E-state index contributed by atoms with van der Waals surface area (Å²) in [6, 6.07) is 7.87. The van der Waals surface area contributed by atoms with Gasteiger partial charge in [0.1, 0.15) is 0 Å². The molecule has 0 radical (unpaired) electrons. The standard InChI is InChI=1S/C12H12BrNO2/c1-16-12(15)5-3-9-2-4-10(6-7-14)11(13)8-9/h2,4,8H,3,5-6H2,1H3. The summed E-state index contributed by atoms with van der Waals surface area (Å²) in [7, 11) is 1.38. The predicted octanol–water partition coefficient (Wildman–Crippen LogP) is 2.62. The number of halogens is 1. The van der Waals surface area contributed by atoms with Crippen LogP contribution in [-0.2, 0) is 22.4 Å². The first kappa shape index (κ1) is 12.7. The van der Waals surface area contributed by atoms with E-state index >= 15 is 0 Å². The van der Waals surface area contributed by atoms with E-state index in [0.29, 0.717) is 19.3 Å². The van der Waals surface area contributed by atoms with Crippen LogP contribution in [0.4, 0.5) is 0 Å². The summed E-state index contributed by atoms with van der Waals surface area (Å²) in [4.78, 5) is 11.0. The van der Waals surface area contributed by atoms with Crippen molar-refractivity contribution in [2.24, 2.45) is 0 Å². The zero-order valence-corrected chi connectivity index (χ0v) is 10.6. The number of hydrogen-bond donors (Lipinski definition) is 0. The van der Waals surface area contributed by atoms with Crippen LogP contribution in [0.25, 0.3) is 0 Å². The third kappa shape index (κ3) is 3.67. The molecule has 0 aromatic heterocycles. The number of carbonyl (C=O) groups excluding carboxylic acids is 1. The van der Waals surface area contributed by atoms with Crippen LogP contribution in [0.5, 0.6) is 0 Å².